The Balaban J connectivity index is 0.000000360. The van der Waals surface area contributed by atoms with Gasteiger partial charge in [0, 0.05) is 37.7 Å². The second-order valence-electron chi connectivity index (χ2n) is 11.0. The molecule has 2 aliphatic rings. The molecule has 0 radical (unpaired) electrons. The summed E-state index contributed by atoms with van der Waals surface area (Å²) in [5.41, 5.74) is 5.20. The lowest BCUT2D eigenvalue weighted by Crippen LogP contribution is -2.55. The predicted molar refractivity (Wildman–Crippen MR) is 169 cm³/mol. The first kappa shape index (κ1) is 33.2. The van der Waals surface area contributed by atoms with Crippen molar-refractivity contribution in [2.24, 2.45) is 5.92 Å². The van der Waals surface area contributed by atoms with E-state index in [0.717, 1.165) is 25.1 Å². The van der Waals surface area contributed by atoms with Crippen LogP contribution in [0.1, 0.15) is 70.3 Å². The average molecular weight is 548 g/mol. The number of allylic oxidation sites excluding steroid dienone is 3. The molecule has 1 aromatic rings. The van der Waals surface area contributed by atoms with Crippen molar-refractivity contribution >= 4 is 5.91 Å². The third-order valence-electron chi connectivity index (χ3n) is 8.13. The highest BCUT2D eigenvalue weighted by atomic mass is 16.5. The largest absolute Gasteiger partial charge is 0.491 e. The lowest BCUT2D eigenvalue weighted by Gasteiger charge is -2.42. The van der Waals surface area contributed by atoms with Crippen LogP contribution in [0.5, 0.6) is 0 Å². The van der Waals surface area contributed by atoms with Crippen molar-refractivity contribution in [3.05, 3.63) is 91.6 Å². The number of piperidine rings is 1. The number of rotatable bonds is 13. The fourth-order valence-corrected chi connectivity index (χ4v) is 5.57. The van der Waals surface area contributed by atoms with E-state index in [0.29, 0.717) is 37.1 Å². The minimum atomic E-state index is -0.126. The molecule has 0 bridgehead atoms. The lowest BCUT2D eigenvalue weighted by molar-refractivity contribution is -0.135. The Hall–Kier alpha value is -3.01. The number of ether oxygens (including phenoxy) is 1. The van der Waals surface area contributed by atoms with E-state index in [1.807, 2.05) is 30.0 Å². The van der Waals surface area contributed by atoms with Gasteiger partial charge in [-0.3, -0.25) is 4.79 Å². The van der Waals surface area contributed by atoms with Crippen LogP contribution in [0.3, 0.4) is 0 Å². The molecule has 0 unspecified atom stereocenters. The summed E-state index contributed by atoms with van der Waals surface area (Å²) in [6, 6.07) is 10.3. The fraction of sp³-hybridized carbons (Fsp3) is 0.543. The number of carbonyl (C=O) groups is 1. The van der Waals surface area contributed by atoms with Crippen molar-refractivity contribution in [2.45, 2.75) is 70.8 Å². The van der Waals surface area contributed by atoms with Gasteiger partial charge in [0.25, 0.3) is 0 Å². The van der Waals surface area contributed by atoms with Gasteiger partial charge in [-0.25, -0.2) is 0 Å². The van der Waals surface area contributed by atoms with Crippen molar-refractivity contribution in [3.8, 4) is 0 Å². The maximum absolute atomic E-state index is 12.8. The summed E-state index contributed by atoms with van der Waals surface area (Å²) in [7, 11) is 1.62. The van der Waals surface area contributed by atoms with Crippen LogP contribution in [0.15, 0.2) is 86.0 Å². The van der Waals surface area contributed by atoms with E-state index in [2.05, 4.69) is 73.0 Å². The van der Waals surface area contributed by atoms with E-state index >= 15 is 0 Å². The number of carbonyl (C=O) groups excluding carboxylic acids is 1. The van der Waals surface area contributed by atoms with Gasteiger partial charge in [0.15, 0.2) is 5.76 Å². The van der Waals surface area contributed by atoms with Crippen molar-refractivity contribution in [1.82, 2.24) is 14.7 Å². The molecule has 2 fully saturated rings. The number of benzene rings is 1. The Morgan fingerprint density at radius 2 is 1.75 bits per heavy atom. The molecule has 0 spiro atoms. The van der Waals surface area contributed by atoms with Gasteiger partial charge in [-0.15, -0.1) is 13.2 Å². The van der Waals surface area contributed by atoms with E-state index in [9.17, 15) is 4.79 Å². The number of nitrogens with zero attached hydrogens (tertiary/aromatic N) is 3. The molecule has 0 N–H and O–H groups in total. The zero-order chi connectivity index (χ0) is 29.3. The monoisotopic (exact) mass is 547 g/mol. The zero-order valence-electron chi connectivity index (χ0n) is 25.5. The fourth-order valence-electron chi connectivity index (χ4n) is 5.57. The smallest absolute Gasteiger partial charge is 0.223 e. The van der Waals surface area contributed by atoms with Crippen molar-refractivity contribution in [2.75, 3.05) is 46.4 Å². The molecular formula is C35H53N3O2. The van der Waals surface area contributed by atoms with E-state index in [4.69, 9.17) is 4.74 Å². The SMILES string of the molecule is C=C=C(OC)[C@@H]1CN(C(=C)C)CCN1C(=O)CCCCCN1CCCCC1.C=C[C@@H](C)[C@@H](C=C)c1ccccc1. The van der Waals surface area contributed by atoms with Crippen LogP contribution in [0, 0.1) is 5.92 Å². The van der Waals surface area contributed by atoms with Gasteiger partial charge < -0.3 is 19.4 Å². The summed E-state index contributed by atoms with van der Waals surface area (Å²) in [6.45, 7) is 25.5. The Labute approximate surface area is 244 Å². The minimum absolute atomic E-state index is 0.126. The molecule has 220 valence electrons. The van der Waals surface area contributed by atoms with Crippen molar-refractivity contribution < 1.29 is 9.53 Å². The molecule has 1 amide bonds. The second-order valence-corrected chi connectivity index (χ2v) is 11.0. The van der Waals surface area contributed by atoms with Crippen LogP contribution in [0.25, 0.3) is 0 Å². The predicted octanol–water partition coefficient (Wildman–Crippen LogP) is 7.17. The summed E-state index contributed by atoms with van der Waals surface area (Å²) in [6.07, 6.45) is 11.9. The standard InChI is InChI=1S/C22H37N3O2.C13H16/c1-5-21(27-4)20-18-24(19(2)3)16-17-25(20)22(26)12-8-6-9-13-23-14-10-7-11-15-23;1-4-11(3)13(5-2)12-9-7-6-8-10-12/h20H,1-2,6-18H2,3-4H3;4-11,13H,1-2H2,3H3/t20-;11-,13-/m01/s1. The molecule has 5 heteroatoms. The normalized spacial score (nSPS) is 18.8. The average Bonchev–Trinajstić information content (AvgIpc) is 2.99. The summed E-state index contributed by atoms with van der Waals surface area (Å²) in [4.78, 5) is 19.6. The third kappa shape index (κ3) is 10.5. The van der Waals surface area contributed by atoms with Crippen LogP contribution in [0.2, 0.25) is 0 Å². The van der Waals surface area contributed by atoms with Gasteiger partial charge in [-0.1, -0.05) is 81.1 Å². The highest BCUT2D eigenvalue weighted by Gasteiger charge is 2.33. The molecule has 1 aromatic carbocycles. The molecular weight excluding hydrogens is 494 g/mol. The van der Waals surface area contributed by atoms with Gasteiger partial charge in [0.1, 0.15) is 6.04 Å². The summed E-state index contributed by atoms with van der Waals surface area (Å²) >= 11 is 0. The van der Waals surface area contributed by atoms with Gasteiger partial charge in [0.2, 0.25) is 5.91 Å². The molecule has 0 aliphatic carbocycles. The molecule has 40 heavy (non-hydrogen) atoms. The van der Waals surface area contributed by atoms with E-state index < -0.39 is 0 Å². The summed E-state index contributed by atoms with van der Waals surface area (Å²) in [5, 5.41) is 0. The first-order valence-electron chi connectivity index (χ1n) is 15.0. The molecule has 3 rings (SSSR count). The number of amides is 1. The van der Waals surface area contributed by atoms with Gasteiger partial charge in [-0.05, 0) is 63.7 Å². The summed E-state index contributed by atoms with van der Waals surface area (Å²) in [5.74, 6) is 1.68. The lowest BCUT2D eigenvalue weighted by atomic mass is 9.87. The van der Waals surface area contributed by atoms with Crippen LogP contribution in [-0.2, 0) is 9.53 Å². The number of hydrogen-bond acceptors (Lipinski definition) is 4. The molecule has 2 heterocycles. The highest BCUT2D eigenvalue weighted by molar-refractivity contribution is 5.77. The Bertz CT molecular complexity index is 976. The van der Waals surface area contributed by atoms with Crippen molar-refractivity contribution in [3.63, 3.8) is 0 Å². The molecule has 5 nitrogen and oxygen atoms in total. The third-order valence-corrected chi connectivity index (χ3v) is 8.13. The summed E-state index contributed by atoms with van der Waals surface area (Å²) < 4.78 is 5.44. The minimum Gasteiger partial charge on any atom is -0.491 e. The maximum Gasteiger partial charge on any atom is 0.223 e. The number of unbranched alkanes of at least 4 members (excludes halogenated alkanes) is 2. The number of methoxy groups -OCH3 is 1. The quantitative estimate of drug-likeness (QED) is 0.113. The Morgan fingerprint density at radius 1 is 1.05 bits per heavy atom. The topological polar surface area (TPSA) is 36.0 Å². The van der Waals surface area contributed by atoms with Crippen LogP contribution in [-0.4, -0.2) is 73.0 Å². The molecule has 3 atom stereocenters. The Morgan fingerprint density at radius 3 is 2.33 bits per heavy atom. The Kier molecular flexibility index (Phi) is 15.2. The van der Waals surface area contributed by atoms with E-state index in [1.165, 1.54) is 50.9 Å². The second kappa shape index (κ2) is 18.4. The van der Waals surface area contributed by atoms with Gasteiger partial charge in [-0.2, -0.15) is 0 Å². The molecule has 0 aromatic heterocycles. The first-order valence-corrected chi connectivity index (χ1v) is 15.0. The van der Waals surface area contributed by atoms with Crippen LogP contribution >= 0.6 is 0 Å². The molecule has 0 saturated carbocycles. The number of hydrogen-bond donors (Lipinski definition) is 0. The first-order chi connectivity index (χ1) is 19.4. The van der Waals surface area contributed by atoms with E-state index in [-0.39, 0.29) is 11.9 Å². The van der Waals surface area contributed by atoms with E-state index in [1.54, 1.807) is 7.11 Å². The number of likely N-dealkylation sites (tertiary alicyclic amines) is 1. The van der Waals surface area contributed by atoms with Gasteiger partial charge in [0.05, 0.1) is 7.11 Å². The highest BCUT2D eigenvalue weighted by Crippen LogP contribution is 2.26. The van der Waals surface area contributed by atoms with Crippen molar-refractivity contribution in [1.29, 1.82) is 0 Å². The van der Waals surface area contributed by atoms with Gasteiger partial charge >= 0.3 is 0 Å². The number of piperazine rings is 1. The molecule has 2 aliphatic heterocycles. The van der Waals surface area contributed by atoms with Crippen LogP contribution < -0.4 is 0 Å². The molecule has 2 saturated heterocycles. The zero-order valence-corrected chi connectivity index (χ0v) is 25.5. The van der Waals surface area contributed by atoms with Crippen LogP contribution in [0.4, 0.5) is 0 Å². The maximum atomic E-state index is 12.8.